The Kier molecular flexibility index (Phi) is 4.56. The van der Waals surface area contributed by atoms with Gasteiger partial charge in [-0.05, 0) is 30.4 Å². The molecule has 3 amide bonds. The van der Waals surface area contributed by atoms with Crippen LogP contribution in [0.3, 0.4) is 0 Å². The lowest BCUT2D eigenvalue weighted by molar-refractivity contribution is -0.132. The molecule has 1 fully saturated rings. The van der Waals surface area contributed by atoms with Crippen molar-refractivity contribution in [2.45, 2.75) is 20.3 Å². The highest BCUT2D eigenvalue weighted by Crippen LogP contribution is 2.33. The zero-order valence-corrected chi connectivity index (χ0v) is 17.4. The van der Waals surface area contributed by atoms with Crippen molar-refractivity contribution in [3.63, 3.8) is 0 Å². The Bertz CT molecular complexity index is 1000. The van der Waals surface area contributed by atoms with Crippen molar-refractivity contribution in [3.8, 4) is 5.69 Å². The number of nitrogens with zero attached hydrogens (tertiary/aromatic N) is 6. The zero-order valence-electron chi connectivity index (χ0n) is 17.4. The molecule has 0 radical (unpaired) electrons. The Labute approximate surface area is 175 Å². The molecule has 3 aliphatic rings. The van der Waals surface area contributed by atoms with Gasteiger partial charge in [-0.2, -0.15) is 5.10 Å². The minimum absolute atomic E-state index is 0.00752. The Morgan fingerprint density at radius 1 is 1.13 bits per heavy atom. The lowest BCUT2D eigenvalue weighted by atomic mass is 9.92. The number of carbonyl (C=O) groups is 2. The number of urea groups is 1. The monoisotopic (exact) mass is 406 g/mol. The van der Waals surface area contributed by atoms with E-state index >= 15 is 0 Å². The van der Waals surface area contributed by atoms with Gasteiger partial charge in [-0.15, -0.1) is 0 Å². The summed E-state index contributed by atoms with van der Waals surface area (Å²) in [5.41, 5.74) is 1.64. The predicted octanol–water partition coefficient (Wildman–Crippen LogP) is 2.38. The van der Waals surface area contributed by atoms with E-state index in [4.69, 9.17) is 0 Å². The number of piperidine rings is 1. The Balaban J connectivity index is 1.52. The third-order valence-corrected chi connectivity index (χ3v) is 6.06. The molecular weight excluding hydrogens is 380 g/mol. The van der Waals surface area contributed by atoms with Gasteiger partial charge in [0.15, 0.2) is 5.82 Å². The second kappa shape index (κ2) is 7.27. The van der Waals surface area contributed by atoms with Gasteiger partial charge in [0.1, 0.15) is 12.4 Å². The average Bonchev–Trinajstić information content (AvgIpc) is 3.38. The van der Waals surface area contributed by atoms with E-state index in [0.717, 1.165) is 30.8 Å². The second-order valence-electron chi connectivity index (χ2n) is 8.60. The number of hydrogen-bond donors (Lipinski definition) is 0. The van der Waals surface area contributed by atoms with Crippen LogP contribution in [-0.2, 0) is 4.79 Å². The number of hydrogen-bond acceptors (Lipinski definition) is 4. The minimum Gasteiger partial charge on any atom is -0.341 e. The van der Waals surface area contributed by atoms with E-state index in [0.29, 0.717) is 36.6 Å². The fourth-order valence-electron chi connectivity index (χ4n) is 4.86. The van der Waals surface area contributed by atoms with E-state index in [-0.39, 0.29) is 18.5 Å². The van der Waals surface area contributed by atoms with Crippen LogP contribution in [0, 0.1) is 11.8 Å². The van der Waals surface area contributed by atoms with Crippen molar-refractivity contribution >= 4 is 23.6 Å². The van der Waals surface area contributed by atoms with Crippen LogP contribution in [-0.4, -0.2) is 70.1 Å². The Morgan fingerprint density at radius 2 is 1.87 bits per heavy atom. The standard InChI is InChI=1S/C22H26N6O2/c1-15-10-16(2)13-25(12-15)19(29)14-27-21-18(20-23-8-9-26(20)22(27)30)11-24-28(21)17-6-4-3-5-7-17/h3-7,11,15-16H,8-10,12-14H2,1-2H3/t15-,16-/m0/s1. The molecule has 0 bridgehead atoms. The first kappa shape index (κ1) is 18.8. The molecule has 0 spiro atoms. The molecule has 156 valence electrons. The maximum atomic E-state index is 13.4. The van der Waals surface area contributed by atoms with Crippen molar-refractivity contribution in [3.05, 3.63) is 42.1 Å². The molecule has 1 saturated heterocycles. The van der Waals surface area contributed by atoms with E-state index in [9.17, 15) is 9.59 Å². The van der Waals surface area contributed by atoms with Crippen LogP contribution in [0.4, 0.5) is 10.6 Å². The van der Waals surface area contributed by atoms with E-state index in [1.165, 1.54) is 0 Å². The number of anilines is 1. The van der Waals surface area contributed by atoms with Gasteiger partial charge < -0.3 is 4.90 Å². The Hall–Kier alpha value is -3.16. The Morgan fingerprint density at radius 3 is 2.60 bits per heavy atom. The molecule has 0 aliphatic carbocycles. The predicted molar refractivity (Wildman–Crippen MR) is 114 cm³/mol. The summed E-state index contributed by atoms with van der Waals surface area (Å²) in [5, 5.41) is 4.55. The molecule has 8 nitrogen and oxygen atoms in total. The summed E-state index contributed by atoms with van der Waals surface area (Å²) < 4.78 is 1.74. The molecule has 30 heavy (non-hydrogen) atoms. The van der Waals surface area contributed by atoms with E-state index in [1.54, 1.807) is 20.7 Å². The van der Waals surface area contributed by atoms with Crippen LogP contribution in [0.25, 0.3) is 5.69 Å². The van der Waals surface area contributed by atoms with Gasteiger partial charge in [-0.3, -0.25) is 19.6 Å². The van der Waals surface area contributed by atoms with Crippen molar-refractivity contribution < 1.29 is 9.59 Å². The summed E-state index contributed by atoms with van der Waals surface area (Å²) in [6, 6.07) is 9.47. The van der Waals surface area contributed by atoms with Crippen molar-refractivity contribution in [1.29, 1.82) is 0 Å². The molecule has 0 N–H and O–H groups in total. The van der Waals surface area contributed by atoms with Crippen molar-refractivity contribution in [1.82, 2.24) is 19.6 Å². The number of para-hydroxylation sites is 1. The summed E-state index contributed by atoms with van der Waals surface area (Å²) in [6.45, 7) is 6.95. The van der Waals surface area contributed by atoms with E-state index in [1.807, 2.05) is 35.2 Å². The number of amidine groups is 1. The average molecular weight is 406 g/mol. The molecule has 1 aromatic carbocycles. The van der Waals surface area contributed by atoms with E-state index < -0.39 is 0 Å². The first-order valence-electron chi connectivity index (χ1n) is 10.6. The largest absolute Gasteiger partial charge is 0.341 e. The molecule has 0 unspecified atom stereocenters. The molecule has 2 atom stereocenters. The van der Waals surface area contributed by atoms with Crippen LogP contribution in [0.1, 0.15) is 25.8 Å². The number of likely N-dealkylation sites (tertiary alicyclic amines) is 1. The third-order valence-electron chi connectivity index (χ3n) is 6.06. The summed E-state index contributed by atoms with van der Waals surface area (Å²) in [7, 11) is 0. The van der Waals surface area contributed by atoms with Crippen LogP contribution in [0.2, 0.25) is 0 Å². The zero-order chi connectivity index (χ0) is 20.8. The number of aliphatic imine (C=N–C) groups is 1. The van der Waals surface area contributed by atoms with Crippen LogP contribution < -0.4 is 4.90 Å². The molecule has 4 heterocycles. The highest BCUT2D eigenvalue weighted by Gasteiger charge is 2.41. The number of rotatable bonds is 3. The van der Waals surface area contributed by atoms with Crippen LogP contribution >= 0.6 is 0 Å². The molecule has 8 heteroatoms. The van der Waals surface area contributed by atoms with Crippen molar-refractivity contribution in [2.24, 2.45) is 16.8 Å². The molecule has 5 rings (SSSR count). The lowest BCUT2D eigenvalue weighted by Crippen LogP contribution is -2.54. The smallest absolute Gasteiger partial charge is 0.331 e. The normalized spacial score (nSPS) is 23.3. The molecule has 3 aliphatic heterocycles. The highest BCUT2D eigenvalue weighted by molar-refractivity contribution is 6.20. The number of amides is 3. The highest BCUT2D eigenvalue weighted by atomic mass is 16.2. The first-order chi connectivity index (χ1) is 14.5. The fraction of sp³-hybridized carbons (Fsp3) is 0.455. The summed E-state index contributed by atoms with van der Waals surface area (Å²) >= 11 is 0. The number of fused-ring (bicyclic) bond motifs is 3. The van der Waals surface area contributed by atoms with Crippen molar-refractivity contribution in [2.75, 3.05) is 37.6 Å². The van der Waals surface area contributed by atoms with Gasteiger partial charge in [0.2, 0.25) is 5.91 Å². The van der Waals surface area contributed by atoms with Gasteiger partial charge in [-0.25, -0.2) is 9.48 Å². The van der Waals surface area contributed by atoms with Gasteiger partial charge >= 0.3 is 6.03 Å². The second-order valence-corrected chi connectivity index (χ2v) is 8.60. The summed E-state index contributed by atoms with van der Waals surface area (Å²) in [6.07, 6.45) is 2.87. The fourth-order valence-corrected chi connectivity index (χ4v) is 4.86. The molecule has 1 aromatic heterocycles. The lowest BCUT2D eigenvalue weighted by Gasteiger charge is -2.38. The quantitative estimate of drug-likeness (QED) is 0.786. The third kappa shape index (κ3) is 3.07. The molecule has 0 saturated carbocycles. The maximum absolute atomic E-state index is 13.4. The number of carbonyl (C=O) groups excluding carboxylic acids is 2. The maximum Gasteiger partial charge on any atom is 0.331 e. The first-order valence-corrected chi connectivity index (χ1v) is 10.6. The van der Waals surface area contributed by atoms with Gasteiger partial charge in [-0.1, -0.05) is 32.0 Å². The van der Waals surface area contributed by atoms with Crippen LogP contribution in [0.15, 0.2) is 41.5 Å². The summed E-state index contributed by atoms with van der Waals surface area (Å²) in [4.78, 5) is 36.3. The minimum atomic E-state index is -0.206. The molecular formula is C22H26N6O2. The molecule has 2 aromatic rings. The summed E-state index contributed by atoms with van der Waals surface area (Å²) in [5.74, 6) is 2.19. The topological polar surface area (TPSA) is 74.0 Å². The number of aromatic nitrogens is 2. The van der Waals surface area contributed by atoms with Gasteiger partial charge in [0.05, 0.1) is 24.0 Å². The van der Waals surface area contributed by atoms with Gasteiger partial charge in [0.25, 0.3) is 0 Å². The van der Waals surface area contributed by atoms with Gasteiger partial charge in [0, 0.05) is 19.6 Å². The van der Waals surface area contributed by atoms with Crippen LogP contribution in [0.5, 0.6) is 0 Å². The SMILES string of the molecule is C[C@H]1C[C@H](C)CN(C(=O)CN2C(=O)N3CCN=C3c3cnn(-c4ccccc4)c32)C1. The van der Waals surface area contributed by atoms with E-state index in [2.05, 4.69) is 23.9 Å². The number of benzene rings is 1.